The van der Waals surface area contributed by atoms with Gasteiger partial charge in [-0.15, -0.1) is 0 Å². The van der Waals surface area contributed by atoms with Crippen molar-refractivity contribution in [3.8, 4) is 5.75 Å². The fraction of sp³-hybridized carbons (Fsp3) is 0.793. The Kier molecular flexibility index (Phi) is 11.0. The monoisotopic (exact) mass is 524 g/mol. The molecule has 1 fully saturated rings. The van der Waals surface area contributed by atoms with Gasteiger partial charge in [0.2, 0.25) is 0 Å². The molecular formula is C29H52O6Si. The molecule has 0 amide bonds. The van der Waals surface area contributed by atoms with E-state index in [1.54, 1.807) is 7.11 Å². The summed E-state index contributed by atoms with van der Waals surface area (Å²) in [5.41, 5.74) is 1.12. The summed E-state index contributed by atoms with van der Waals surface area (Å²) in [4.78, 5) is 0. The number of hydrogen-bond acceptors (Lipinski definition) is 6. The van der Waals surface area contributed by atoms with Crippen LogP contribution in [0.1, 0.15) is 67.4 Å². The summed E-state index contributed by atoms with van der Waals surface area (Å²) >= 11 is 0. The van der Waals surface area contributed by atoms with Crippen LogP contribution in [0.25, 0.3) is 0 Å². The summed E-state index contributed by atoms with van der Waals surface area (Å²) in [6, 6.07) is 7.99. The first-order valence-electron chi connectivity index (χ1n) is 13.5. The minimum absolute atomic E-state index is 0.00630. The van der Waals surface area contributed by atoms with Crippen LogP contribution in [0.4, 0.5) is 0 Å². The Morgan fingerprint density at radius 3 is 2.17 bits per heavy atom. The zero-order chi connectivity index (χ0) is 27.3. The smallest absolute Gasteiger partial charge is 0.192 e. The van der Waals surface area contributed by atoms with Gasteiger partial charge in [0.1, 0.15) is 5.75 Å². The van der Waals surface area contributed by atoms with E-state index in [-0.39, 0.29) is 47.7 Å². The highest BCUT2D eigenvalue weighted by Crippen LogP contribution is 2.42. The molecule has 1 aromatic rings. The van der Waals surface area contributed by atoms with Crippen LogP contribution in [0.15, 0.2) is 24.3 Å². The molecule has 1 aliphatic rings. The van der Waals surface area contributed by atoms with Crippen LogP contribution in [-0.4, -0.2) is 57.8 Å². The van der Waals surface area contributed by atoms with Gasteiger partial charge < -0.3 is 28.5 Å². The van der Waals surface area contributed by atoms with E-state index in [0.29, 0.717) is 13.2 Å². The maximum absolute atomic E-state index is 9.85. The van der Waals surface area contributed by atoms with Crippen LogP contribution < -0.4 is 4.74 Å². The summed E-state index contributed by atoms with van der Waals surface area (Å²) in [5, 5.41) is 9.96. The third-order valence-corrected chi connectivity index (χ3v) is 12.6. The largest absolute Gasteiger partial charge is 0.497 e. The Morgan fingerprint density at radius 1 is 1.06 bits per heavy atom. The molecule has 6 nitrogen and oxygen atoms in total. The molecular weight excluding hydrogens is 472 g/mol. The first kappa shape index (κ1) is 31.3. The summed E-state index contributed by atoms with van der Waals surface area (Å²) in [7, 11) is -0.356. The van der Waals surface area contributed by atoms with Gasteiger partial charge in [-0.3, -0.25) is 0 Å². The molecule has 0 spiro atoms. The lowest BCUT2D eigenvalue weighted by atomic mass is 9.80. The summed E-state index contributed by atoms with van der Waals surface area (Å²) < 4.78 is 31.2. The Labute approximate surface area is 221 Å². The van der Waals surface area contributed by atoms with Crippen LogP contribution in [-0.2, 0) is 25.2 Å². The van der Waals surface area contributed by atoms with E-state index in [4.69, 9.17) is 23.4 Å². The van der Waals surface area contributed by atoms with Crippen molar-refractivity contribution in [1.29, 1.82) is 0 Å². The van der Waals surface area contributed by atoms with Gasteiger partial charge in [0.15, 0.2) is 14.1 Å². The van der Waals surface area contributed by atoms with Crippen LogP contribution in [0.3, 0.4) is 0 Å². The quantitative estimate of drug-likeness (QED) is 0.252. The molecule has 2 rings (SSSR count). The highest BCUT2D eigenvalue weighted by Gasteiger charge is 2.48. The third-order valence-electron chi connectivity index (χ3n) is 8.06. The molecule has 1 heterocycles. The molecule has 36 heavy (non-hydrogen) atoms. The Morgan fingerprint density at radius 2 is 1.64 bits per heavy atom. The second-order valence-electron chi connectivity index (χ2n) is 12.5. The van der Waals surface area contributed by atoms with E-state index >= 15 is 0 Å². The predicted molar refractivity (Wildman–Crippen MR) is 148 cm³/mol. The first-order valence-corrected chi connectivity index (χ1v) is 16.4. The van der Waals surface area contributed by atoms with E-state index in [1.807, 2.05) is 45.0 Å². The second-order valence-corrected chi connectivity index (χ2v) is 17.3. The SMILES string of the molecule is COc1ccc(COCC[C@@H](O[Si](C)(C)C(C)(C)C)[C@@H](C)[C@@H]2OC(C)(C)O[C@H]([C@@H](C)CO)[C@@H]2C)cc1. The number of ether oxygens (including phenoxy) is 4. The Bertz CT molecular complexity index is 788. The molecule has 0 radical (unpaired) electrons. The molecule has 0 aromatic heterocycles. The first-order chi connectivity index (χ1) is 16.6. The second kappa shape index (κ2) is 12.7. The standard InChI is InChI=1S/C29H52O6Si/c1-20(18-30)26-22(3)27(34-29(7,8)33-26)21(2)25(35-36(10,11)28(4,5)6)16-17-32-19-23-12-14-24(31-9)15-13-23/h12-15,20-22,25-27,30H,16-19H2,1-11H3/t20-,21+,22-,25+,26+,27-/m0/s1. The van der Waals surface area contributed by atoms with Gasteiger partial charge in [-0.25, -0.2) is 0 Å². The number of methoxy groups -OCH3 is 1. The molecule has 0 bridgehead atoms. The topological polar surface area (TPSA) is 66.4 Å². The zero-order valence-electron chi connectivity index (χ0n) is 24.6. The maximum atomic E-state index is 9.85. The number of rotatable bonds is 12. The normalized spacial score (nSPS) is 25.3. The average molecular weight is 525 g/mol. The number of hydrogen-bond donors (Lipinski definition) is 1. The average Bonchev–Trinajstić information content (AvgIpc) is 2.80. The van der Waals surface area contributed by atoms with Crippen LogP contribution in [0.2, 0.25) is 18.1 Å². The summed E-state index contributed by atoms with van der Waals surface area (Å²) in [6.07, 6.45) is 0.654. The predicted octanol–water partition coefficient (Wildman–Crippen LogP) is 6.41. The van der Waals surface area contributed by atoms with E-state index in [0.717, 1.165) is 17.7 Å². The lowest BCUT2D eigenvalue weighted by Crippen LogP contribution is -2.57. The Hall–Kier alpha value is -0.963. The van der Waals surface area contributed by atoms with E-state index in [2.05, 4.69) is 47.7 Å². The molecule has 1 N–H and O–H groups in total. The molecule has 7 heteroatoms. The van der Waals surface area contributed by atoms with Crippen molar-refractivity contribution in [1.82, 2.24) is 0 Å². The van der Waals surface area contributed by atoms with Crippen molar-refractivity contribution < 1.29 is 28.5 Å². The van der Waals surface area contributed by atoms with Crippen LogP contribution in [0, 0.1) is 17.8 Å². The van der Waals surface area contributed by atoms with Gasteiger partial charge in [0, 0.05) is 31.0 Å². The molecule has 0 unspecified atom stereocenters. The van der Waals surface area contributed by atoms with Gasteiger partial charge >= 0.3 is 0 Å². The van der Waals surface area contributed by atoms with Gasteiger partial charge in [-0.2, -0.15) is 0 Å². The highest BCUT2D eigenvalue weighted by molar-refractivity contribution is 6.74. The van der Waals surface area contributed by atoms with Gasteiger partial charge in [0.05, 0.1) is 32.0 Å². The molecule has 1 saturated heterocycles. The molecule has 1 aromatic carbocycles. The van der Waals surface area contributed by atoms with Crippen LogP contribution >= 0.6 is 0 Å². The minimum Gasteiger partial charge on any atom is -0.497 e. The molecule has 1 aliphatic heterocycles. The van der Waals surface area contributed by atoms with E-state index in [1.165, 1.54) is 0 Å². The van der Waals surface area contributed by atoms with Gasteiger partial charge in [0.25, 0.3) is 0 Å². The zero-order valence-corrected chi connectivity index (χ0v) is 25.6. The molecule has 0 aliphatic carbocycles. The lowest BCUT2D eigenvalue weighted by molar-refractivity contribution is -0.338. The highest BCUT2D eigenvalue weighted by atomic mass is 28.4. The lowest BCUT2D eigenvalue weighted by Gasteiger charge is -2.50. The number of benzene rings is 1. The van der Waals surface area contributed by atoms with Gasteiger partial charge in [-0.1, -0.05) is 53.7 Å². The summed E-state index contributed by atoms with van der Waals surface area (Å²) in [6.45, 7) is 23.1. The van der Waals surface area contributed by atoms with Crippen LogP contribution in [0.5, 0.6) is 5.75 Å². The van der Waals surface area contributed by atoms with Crippen molar-refractivity contribution in [2.45, 2.75) is 111 Å². The fourth-order valence-corrected chi connectivity index (χ4v) is 6.16. The summed E-state index contributed by atoms with van der Waals surface area (Å²) in [5.74, 6) is 0.422. The van der Waals surface area contributed by atoms with Crippen molar-refractivity contribution in [3.05, 3.63) is 29.8 Å². The molecule has 6 atom stereocenters. The molecule has 0 saturated carbocycles. The maximum Gasteiger partial charge on any atom is 0.192 e. The fourth-order valence-electron chi connectivity index (χ4n) is 4.72. The number of aliphatic hydroxyl groups excluding tert-OH is 1. The van der Waals surface area contributed by atoms with E-state index in [9.17, 15) is 5.11 Å². The van der Waals surface area contributed by atoms with Crippen molar-refractivity contribution in [3.63, 3.8) is 0 Å². The van der Waals surface area contributed by atoms with Crippen molar-refractivity contribution in [2.75, 3.05) is 20.3 Å². The third kappa shape index (κ3) is 8.27. The number of aliphatic hydroxyl groups is 1. The van der Waals surface area contributed by atoms with E-state index < -0.39 is 14.1 Å². The van der Waals surface area contributed by atoms with Crippen molar-refractivity contribution >= 4 is 8.32 Å². The molecule has 208 valence electrons. The van der Waals surface area contributed by atoms with Gasteiger partial charge in [-0.05, 0) is 56.1 Å². The van der Waals surface area contributed by atoms with Crippen molar-refractivity contribution in [2.24, 2.45) is 17.8 Å². The minimum atomic E-state index is -2.03. The Balaban J connectivity index is 2.17.